The molecule has 0 aliphatic carbocycles. The predicted molar refractivity (Wildman–Crippen MR) is 25.4 cm³/mol. The first-order chi connectivity index (χ1) is 1.00. The van der Waals surface area contributed by atoms with Crippen LogP contribution >= 0.6 is 24.0 Å². The number of hydrogen-bond donors (Lipinski definition) is 2. The van der Waals surface area contributed by atoms with Crippen LogP contribution in [0.5, 0.6) is 0 Å². The van der Waals surface area contributed by atoms with Gasteiger partial charge >= 0.3 is 51.4 Å². The zero-order valence-corrected chi connectivity index (χ0v) is 8.26. The van der Waals surface area contributed by atoms with Gasteiger partial charge in [0, 0.05) is 0 Å². The van der Waals surface area contributed by atoms with Gasteiger partial charge in [0.05, 0.1) is 0 Å². The minimum absolute atomic E-state index is 0. The maximum Gasteiger partial charge on any atom is 1.00 e. The van der Waals surface area contributed by atoms with Crippen molar-refractivity contribution in [2.24, 2.45) is 0 Å². The molecule has 0 aromatic heterocycles. The van der Waals surface area contributed by atoms with Gasteiger partial charge in [-0.2, -0.15) is 0 Å². The quantitative estimate of drug-likeness (QED) is 0.197. The van der Waals surface area contributed by atoms with E-state index in [1.807, 2.05) is 0 Å². The summed E-state index contributed by atoms with van der Waals surface area (Å²) in [6.45, 7) is 0. The van der Waals surface area contributed by atoms with Gasteiger partial charge in [-0.1, -0.05) is 0 Å². The maximum atomic E-state index is 6.00. The number of rotatable bonds is 0. The summed E-state index contributed by atoms with van der Waals surface area (Å²) in [5, 5.41) is 12.0. The first kappa shape index (κ1) is 26.8. The molecule has 3 nitrogen and oxygen atoms in total. The van der Waals surface area contributed by atoms with Gasteiger partial charge in [0.1, 0.15) is 0 Å². The van der Waals surface area contributed by atoms with Crippen LogP contribution in [0, 0.1) is 0 Å². The van der Waals surface area contributed by atoms with E-state index in [2.05, 4.69) is 0 Å². The molecule has 0 aliphatic heterocycles. The molecule has 0 rings (SSSR count). The molecule has 0 radical (unpaired) electrons. The third-order valence-corrected chi connectivity index (χ3v) is 0. The van der Waals surface area contributed by atoms with Crippen molar-refractivity contribution in [1.29, 1.82) is 0 Å². The molecule has 0 amide bonds. The van der Waals surface area contributed by atoms with E-state index in [4.69, 9.17) is 10.5 Å². The van der Waals surface area contributed by atoms with Crippen LogP contribution in [0.1, 0.15) is 1.43 Å². The van der Waals surface area contributed by atoms with E-state index in [0.717, 1.165) is 0 Å². The van der Waals surface area contributed by atoms with Crippen molar-refractivity contribution in [2.45, 2.75) is 0 Å². The fraction of sp³-hybridized carbons (Fsp3) is 0. The van der Waals surface area contributed by atoms with Crippen molar-refractivity contribution in [3.63, 3.8) is 0 Å². The van der Waals surface area contributed by atoms with Gasteiger partial charge in [-0.05, 0) is 0 Å². The monoisotopic (exact) mass is 220 g/mol. The van der Waals surface area contributed by atoms with Gasteiger partial charge in [0.25, 0.3) is 0 Å². The van der Waals surface area contributed by atoms with Gasteiger partial charge in [-0.25, -0.2) is 0 Å². The molecular formula is H6IKO3. The molecule has 0 heterocycles. The van der Waals surface area contributed by atoms with Crippen LogP contribution in [0.25, 0.3) is 0 Å². The standard InChI is InChI=1S/HI.K.H2O2.H2O.H/c;;1-2;;/h1H;;1-2H;1H2;/q;+1;;;-1. The van der Waals surface area contributed by atoms with Gasteiger partial charge in [0.2, 0.25) is 0 Å². The Morgan fingerprint density at radius 1 is 1.20 bits per heavy atom. The topological polar surface area (TPSA) is 72.0 Å². The summed E-state index contributed by atoms with van der Waals surface area (Å²) >= 11 is 0. The van der Waals surface area contributed by atoms with Crippen LogP contribution < -0.4 is 51.4 Å². The van der Waals surface area contributed by atoms with Crippen LogP contribution in [0.2, 0.25) is 0 Å². The zero-order valence-electron chi connectivity index (χ0n) is 3.80. The largest absolute Gasteiger partial charge is 1.00 e. The second-order valence-corrected chi connectivity index (χ2v) is 0. The Bertz CT molecular complexity index is 10.8. The van der Waals surface area contributed by atoms with Gasteiger partial charge < -0.3 is 6.90 Å². The Kier molecular flexibility index (Phi) is 183. The molecule has 5 heavy (non-hydrogen) atoms. The second-order valence-electron chi connectivity index (χ2n) is 0. The number of halogens is 1. The molecule has 4 N–H and O–H groups in total. The summed E-state index contributed by atoms with van der Waals surface area (Å²) in [6.07, 6.45) is 0. The molecule has 0 bridgehead atoms. The molecule has 0 aromatic rings. The zero-order chi connectivity index (χ0) is 2.00. The smallest absolute Gasteiger partial charge is 1.00 e. The predicted octanol–water partition coefficient (Wildman–Crippen LogP) is -3.07. The Morgan fingerprint density at radius 2 is 1.20 bits per heavy atom. The molecule has 0 unspecified atom stereocenters. The van der Waals surface area contributed by atoms with Crippen LogP contribution in [-0.4, -0.2) is 16.0 Å². The minimum Gasteiger partial charge on any atom is -1.00 e. The van der Waals surface area contributed by atoms with Gasteiger partial charge in [-0.15, -0.1) is 24.0 Å². The van der Waals surface area contributed by atoms with Crippen molar-refractivity contribution >= 4 is 24.0 Å². The van der Waals surface area contributed by atoms with E-state index in [-0.39, 0.29) is 82.3 Å². The van der Waals surface area contributed by atoms with Gasteiger partial charge in [-0.3, -0.25) is 10.5 Å². The average molecular weight is 220 g/mol. The van der Waals surface area contributed by atoms with Crippen molar-refractivity contribution in [3.05, 3.63) is 0 Å². The summed E-state index contributed by atoms with van der Waals surface area (Å²) < 4.78 is 0. The molecular weight excluding hydrogens is 214 g/mol. The molecule has 0 spiro atoms. The van der Waals surface area contributed by atoms with Crippen molar-refractivity contribution in [2.75, 3.05) is 0 Å². The molecule has 0 aliphatic rings. The Morgan fingerprint density at radius 3 is 1.20 bits per heavy atom. The average Bonchev–Trinajstić information content (AvgIpc) is 1.00. The molecule has 5 heteroatoms. The van der Waals surface area contributed by atoms with E-state index in [9.17, 15) is 0 Å². The molecule has 32 valence electrons. The van der Waals surface area contributed by atoms with E-state index >= 15 is 0 Å². The molecule has 0 saturated carbocycles. The molecule has 0 atom stereocenters. The summed E-state index contributed by atoms with van der Waals surface area (Å²) in [4.78, 5) is 0. The Balaban J connectivity index is -0.000000000833. The summed E-state index contributed by atoms with van der Waals surface area (Å²) in [5.74, 6) is 0. The minimum atomic E-state index is 0. The maximum absolute atomic E-state index is 6.00. The molecule has 0 fully saturated rings. The molecule has 0 saturated heterocycles. The van der Waals surface area contributed by atoms with Crippen LogP contribution in [-0.2, 0) is 0 Å². The van der Waals surface area contributed by atoms with Crippen molar-refractivity contribution < 1.29 is 68.8 Å². The third kappa shape index (κ3) is 22.3. The Hall–Kier alpha value is 2.25. The summed E-state index contributed by atoms with van der Waals surface area (Å²) in [5.41, 5.74) is 0. The second kappa shape index (κ2) is 34.1. The third-order valence-electron chi connectivity index (χ3n) is 0. The molecule has 0 aromatic carbocycles. The fourth-order valence-electron chi connectivity index (χ4n) is 0. The normalized spacial score (nSPS) is 1.20. The van der Waals surface area contributed by atoms with E-state index < -0.39 is 0 Å². The van der Waals surface area contributed by atoms with Crippen LogP contribution in [0.15, 0.2) is 0 Å². The summed E-state index contributed by atoms with van der Waals surface area (Å²) in [7, 11) is 0. The SMILES string of the molecule is I.O.OO.[H-].[K+]. The number of hydrogen-bond acceptors (Lipinski definition) is 2. The van der Waals surface area contributed by atoms with E-state index in [1.54, 1.807) is 0 Å². The van der Waals surface area contributed by atoms with Crippen LogP contribution in [0.4, 0.5) is 0 Å². The first-order valence-corrected chi connectivity index (χ1v) is 0.200. The van der Waals surface area contributed by atoms with E-state index in [1.165, 1.54) is 0 Å². The summed E-state index contributed by atoms with van der Waals surface area (Å²) in [6, 6.07) is 0. The fourth-order valence-corrected chi connectivity index (χ4v) is 0. The van der Waals surface area contributed by atoms with Crippen molar-refractivity contribution in [3.8, 4) is 0 Å². The van der Waals surface area contributed by atoms with Crippen LogP contribution in [0.3, 0.4) is 0 Å². The van der Waals surface area contributed by atoms with Gasteiger partial charge in [0.15, 0.2) is 0 Å². The first-order valence-electron chi connectivity index (χ1n) is 0.200. The van der Waals surface area contributed by atoms with E-state index in [0.29, 0.717) is 0 Å². The Labute approximate surface area is 90.9 Å². The van der Waals surface area contributed by atoms with Crippen molar-refractivity contribution in [1.82, 2.24) is 0 Å².